The highest BCUT2D eigenvalue weighted by Gasteiger charge is 1.93. The van der Waals surface area contributed by atoms with Gasteiger partial charge in [-0.3, -0.25) is 0 Å². The van der Waals surface area contributed by atoms with Crippen LogP contribution in [0, 0.1) is 0 Å². The van der Waals surface area contributed by atoms with E-state index in [1.54, 1.807) is 6.08 Å². The van der Waals surface area contributed by atoms with E-state index >= 15 is 0 Å². The van der Waals surface area contributed by atoms with Gasteiger partial charge in [0.05, 0.1) is 12.4 Å². The lowest BCUT2D eigenvalue weighted by Gasteiger charge is -2.01. The Kier molecular flexibility index (Phi) is 7.26. The molecule has 0 radical (unpaired) electrons. The van der Waals surface area contributed by atoms with Crippen molar-refractivity contribution in [2.24, 2.45) is 0 Å². The first kappa shape index (κ1) is 10.5. The minimum absolute atomic E-state index is 0.164. The van der Waals surface area contributed by atoms with E-state index in [0.717, 1.165) is 38.4 Å². The van der Waals surface area contributed by atoms with Gasteiger partial charge < -0.3 is 10.2 Å². The molecule has 0 aliphatic heterocycles. The van der Waals surface area contributed by atoms with Gasteiger partial charge in [-0.05, 0) is 26.2 Å². The molecular formula is C9H18O2. The highest BCUT2D eigenvalue weighted by Crippen LogP contribution is 2.05. The van der Waals surface area contributed by atoms with E-state index in [4.69, 9.17) is 10.2 Å². The van der Waals surface area contributed by atoms with Gasteiger partial charge in [0.2, 0.25) is 0 Å². The fourth-order valence-corrected chi connectivity index (χ4v) is 0.953. The summed E-state index contributed by atoms with van der Waals surface area (Å²) in [6.45, 7) is 1.81. The van der Waals surface area contributed by atoms with Crippen molar-refractivity contribution in [3.05, 3.63) is 12.3 Å². The molecule has 0 saturated carbocycles. The third-order valence-corrected chi connectivity index (χ3v) is 1.60. The van der Waals surface area contributed by atoms with Gasteiger partial charge >= 0.3 is 0 Å². The van der Waals surface area contributed by atoms with Crippen molar-refractivity contribution in [3.63, 3.8) is 0 Å². The van der Waals surface area contributed by atoms with E-state index in [1.165, 1.54) is 0 Å². The fraction of sp³-hybridized carbons (Fsp3) is 0.778. The molecule has 2 nitrogen and oxygen atoms in total. The van der Waals surface area contributed by atoms with E-state index in [1.807, 2.05) is 6.92 Å². The van der Waals surface area contributed by atoms with Crippen molar-refractivity contribution in [3.8, 4) is 0 Å². The van der Waals surface area contributed by atoms with E-state index in [-0.39, 0.29) is 6.10 Å². The first-order valence-electron chi connectivity index (χ1n) is 4.24. The van der Waals surface area contributed by atoms with Crippen molar-refractivity contribution >= 4 is 0 Å². The summed E-state index contributed by atoms with van der Waals surface area (Å²) >= 11 is 0. The maximum atomic E-state index is 8.90. The van der Waals surface area contributed by atoms with Crippen LogP contribution in [0.25, 0.3) is 0 Å². The van der Waals surface area contributed by atoms with Crippen molar-refractivity contribution in [1.29, 1.82) is 0 Å². The van der Waals surface area contributed by atoms with Crippen LogP contribution in [0.5, 0.6) is 0 Å². The Labute approximate surface area is 68.6 Å². The highest BCUT2D eigenvalue weighted by atomic mass is 16.3. The van der Waals surface area contributed by atoms with Crippen LogP contribution in [0.15, 0.2) is 12.3 Å². The second-order valence-electron chi connectivity index (χ2n) is 2.87. The zero-order valence-corrected chi connectivity index (χ0v) is 7.16. The Hall–Kier alpha value is -0.500. The van der Waals surface area contributed by atoms with Crippen molar-refractivity contribution in [2.45, 2.75) is 45.1 Å². The fourth-order valence-electron chi connectivity index (χ4n) is 0.953. The first-order chi connectivity index (χ1) is 5.27. The summed E-state index contributed by atoms with van der Waals surface area (Å²) in [7, 11) is 0. The number of unbranched alkanes of at least 4 members (excludes halogenated alkanes) is 3. The number of hydrogen-bond donors (Lipinski definition) is 2. The molecule has 0 heterocycles. The van der Waals surface area contributed by atoms with Gasteiger partial charge in [-0.2, -0.15) is 0 Å². The van der Waals surface area contributed by atoms with Crippen LogP contribution in [0.4, 0.5) is 0 Å². The second kappa shape index (κ2) is 7.61. The molecule has 2 heteroatoms. The summed E-state index contributed by atoms with van der Waals surface area (Å²) in [4.78, 5) is 0. The molecule has 0 aliphatic rings. The monoisotopic (exact) mass is 158 g/mol. The minimum atomic E-state index is -0.164. The van der Waals surface area contributed by atoms with Gasteiger partial charge in [0, 0.05) is 0 Å². The smallest absolute Gasteiger partial charge is 0.0751 e. The van der Waals surface area contributed by atoms with E-state index in [2.05, 4.69) is 0 Å². The van der Waals surface area contributed by atoms with E-state index in [9.17, 15) is 0 Å². The Bertz CT molecular complexity index is 97.7. The van der Waals surface area contributed by atoms with Crippen LogP contribution in [0.2, 0.25) is 0 Å². The maximum absolute atomic E-state index is 8.90. The van der Waals surface area contributed by atoms with Gasteiger partial charge in [-0.1, -0.05) is 18.9 Å². The van der Waals surface area contributed by atoms with Gasteiger partial charge in [-0.25, -0.2) is 0 Å². The SMILES string of the molecule is CC(O)CCCCCC=CO. The van der Waals surface area contributed by atoms with Crippen LogP contribution in [-0.2, 0) is 0 Å². The number of rotatable bonds is 6. The molecule has 0 aromatic heterocycles. The summed E-state index contributed by atoms with van der Waals surface area (Å²) in [6, 6.07) is 0. The molecule has 0 aromatic carbocycles. The average Bonchev–Trinajstić information content (AvgIpc) is 1.96. The van der Waals surface area contributed by atoms with E-state index < -0.39 is 0 Å². The molecule has 0 spiro atoms. The van der Waals surface area contributed by atoms with Crippen LogP contribution in [0.1, 0.15) is 39.0 Å². The van der Waals surface area contributed by atoms with Crippen LogP contribution in [-0.4, -0.2) is 16.3 Å². The van der Waals surface area contributed by atoms with Gasteiger partial charge in [-0.15, -0.1) is 0 Å². The summed E-state index contributed by atoms with van der Waals surface area (Å²) < 4.78 is 0. The van der Waals surface area contributed by atoms with Crippen LogP contribution < -0.4 is 0 Å². The Morgan fingerprint density at radius 2 is 2.00 bits per heavy atom. The molecular weight excluding hydrogens is 140 g/mol. The first-order valence-corrected chi connectivity index (χ1v) is 4.24. The number of aliphatic hydroxyl groups is 2. The van der Waals surface area contributed by atoms with Gasteiger partial charge in [0.1, 0.15) is 0 Å². The van der Waals surface area contributed by atoms with Crippen LogP contribution in [0.3, 0.4) is 0 Å². The van der Waals surface area contributed by atoms with Crippen LogP contribution >= 0.6 is 0 Å². The molecule has 0 aromatic rings. The lowest BCUT2D eigenvalue weighted by atomic mass is 10.1. The molecule has 11 heavy (non-hydrogen) atoms. The summed E-state index contributed by atoms with van der Waals surface area (Å²) in [5.41, 5.74) is 0. The van der Waals surface area contributed by atoms with Crippen molar-refractivity contribution in [1.82, 2.24) is 0 Å². The number of aliphatic hydroxyl groups excluding tert-OH is 2. The maximum Gasteiger partial charge on any atom is 0.0751 e. The molecule has 1 unspecified atom stereocenters. The second-order valence-corrected chi connectivity index (χ2v) is 2.87. The normalized spacial score (nSPS) is 14.0. The predicted molar refractivity (Wildman–Crippen MR) is 46.5 cm³/mol. The topological polar surface area (TPSA) is 40.5 Å². The summed E-state index contributed by atoms with van der Waals surface area (Å²) in [5.74, 6) is 0. The minimum Gasteiger partial charge on any atom is -0.516 e. The molecule has 0 aliphatic carbocycles. The molecule has 1 atom stereocenters. The molecule has 0 amide bonds. The van der Waals surface area contributed by atoms with Crippen molar-refractivity contribution in [2.75, 3.05) is 0 Å². The standard InChI is InChI=1S/C9H18O2/c1-9(11)7-5-3-2-4-6-8-10/h6,8-11H,2-5,7H2,1H3. The Morgan fingerprint density at radius 3 is 2.55 bits per heavy atom. The van der Waals surface area contributed by atoms with E-state index in [0.29, 0.717) is 0 Å². The third kappa shape index (κ3) is 9.50. The van der Waals surface area contributed by atoms with Gasteiger partial charge in [0.25, 0.3) is 0 Å². The van der Waals surface area contributed by atoms with Gasteiger partial charge in [0.15, 0.2) is 0 Å². The number of allylic oxidation sites excluding steroid dienone is 1. The molecule has 2 N–H and O–H groups in total. The molecule has 0 fully saturated rings. The molecule has 0 rings (SSSR count). The summed E-state index contributed by atoms with van der Waals surface area (Å²) in [6.07, 6.45) is 7.83. The zero-order valence-electron chi connectivity index (χ0n) is 7.16. The predicted octanol–water partition coefficient (Wildman–Crippen LogP) is 2.39. The number of hydrogen-bond acceptors (Lipinski definition) is 2. The molecule has 66 valence electrons. The quantitative estimate of drug-likeness (QED) is 0.460. The molecule has 0 saturated heterocycles. The Balaban J connectivity index is 2.91. The third-order valence-electron chi connectivity index (χ3n) is 1.60. The average molecular weight is 158 g/mol. The molecule has 0 bridgehead atoms. The zero-order chi connectivity index (χ0) is 8.53. The lowest BCUT2D eigenvalue weighted by Crippen LogP contribution is -1.97. The van der Waals surface area contributed by atoms with Crippen molar-refractivity contribution < 1.29 is 10.2 Å². The Morgan fingerprint density at radius 1 is 1.27 bits per heavy atom. The summed E-state index contributed by atoms with van der Waals surface area (Å²) in [5, 5.41) is 17.2. The lowest BCUT2D eigenvalue weighted by molar-refractivity contribution is 0.180. The highest BCUT2D eigenvalue weighted by molar-refractivity contribution is 4.70. The largest absolute Gasteiger partial charge is 0.516 e.